The van der Waals surface area contributed by atoms with Crippen molar-refractivity contribution in [2.45, 2.75) is 39.7 Å². The topological polar surface area (TPSA) is 26.3 Å². The van der Waals surface area contributed by atoms with Crippen molar-refractivity contribution >= 4 is 5.97 Å². The van der Waals surface area contributed by atoms with Gasteiger partial charge in [-0.1, -0.05) is 44.2 Å². The lowest BCUT2D eigenvalue weighted by atomic mass is 9.98. The second-order valence-electron chi connectivity index (χ2n) is 4.95. The van der Waals surface area contributed by atoms with Gasteiger partial charge in [-0.05, 0) is 25.3 Å². The Morgan fingerprint density at radius 1 is 1.25 bits per heavy atom. The van der Waals surface area contributed by atoms with E-state index in [0.717, 1.165) is 5.56 Å². The second-order valence-corrected chi connectivity index (χ2v) is 4.95. The summed E-state index contributed by atoms with van der Waals surface area (Å²) in [7, 11) is 0. The standard InChI is InChI=1S/C14H20O2/c1-11(2)10-13(15)16-14(3,4)12-8-6-5-7-9-12/h5-9,11H,10H2,1-4H3. The van der Waals surface area contributed by atoms with E-state index in [1.165, 1.54) is 0 Å². The van der Waals surface area contributed by atoms with Crippen LogP contribution >= 0.6 is 0 Å². The van der Waals surface area contributed by atoms with Gasteiger partial charge in [0.05, 0.1) is 0 Å². The molecule has 0 atom stereocenters. The van der Waals surface area contributed by atoms with Crippen molar-refractivity contribution in [2.75, 3.05) is 0 Å². The number of rotatable bonds is 4. The molecule has 1 aromatic carbocycles. The van der Waals surface area contributed by atoms with Gasteiger partial charge >= 0.3 is 5.97 Å². The highest BCUT2D eigenvalue weighted by Gasteiger charge is 2.25. The third kappa shape index (κ3) is 3.69. The molecule has 1 aromatic rings. The molecule has 2 heteroatoms. The lowest BCUT2D eigenvalue weighted by Crippen LogP contribution is -2.26. The molecule has 0 saturated heterocycles. The molecule has 0 aliphatic rings. The van der Waals surface area contributed by atoms with Crippen LogP contribution < -0.4 is 0 Å². The summed E-state index contributed by atoms with van der Waals surface area (Å²) in [5.41, 5.74) is 0.472. The molecule has 0 aliphatic heterocycles. The van der Waals surface area contributed by atoms with Gasteiger partial charge < -0.3 is 4.74 Å². The molecule has 0 aliphatic carbocycles. The van der Waals surface area contributed by atoms with Gasteiger partial charge in [0.25, 0.3) is 0 Å². The number of esters is 1. The number of ether oxygens (including phenoxy) is 1. The Kier molecular flexibility index (Phi) is 4.11. The fraction of sp³-hybridized carbons (Fsp3) is 0.500. The summed E-state index contributed by atoms with van der Waals surface area (Å²) in [4.78, 5) is 11.6. The van der Waals surface area contributed by atoms with Crippen molar-refractivity contribution < 1.29 is 9.53 Å². The van der Waals surface area contributed by atoms with Crippen molar-refractivity contribution in [3.63, 3.8) is 0 Å². The average molecular weight is 220 g/mol. The zero-order valence-electron chi connectivity index (χ0n) is 10.5. The highest BCUT2D eigenvalue weighted by atomic mass is 16.6. The number of hydrogen-bond acceptors (Lipinski definition) is 2. The van der Waals surface area contributed by atoms with Crippen molar-refractivity contribution in [2.24, 2.45) is 5.92 Å². The first kappa shape index (κ1) is 12.8. The molecule has 1 rings (SSSR count). The molecule has 0 unspecified atom stereocenters. The largest absolute Gasteiger partial charge is 0.455 e. The van der Waals surface area contributed by atoms with Crippen LogP contribution in [0.5, 0.6) is 0 Å². The Balaban J connectivity index is 2.69. The van der Waals surface area contributed by atoms with E-state index in [1.807, 2.05) is 58.0 Å². The summed E-state index contributed by atoms with van der Waals surface area (Å²) in [6, 6.07) is 9.81. The highest BCUT2D eigenvalue weighted by molar-refractivity contribution is 5.70. The number of benzene rings is 1. The van der Waals surface area contributed by atoms with Crippen molar-refractivity contribution in [1.82, 2.24) is 0 Å². The van der Waals surface area contributed by atoms with Gasteiger partial charge in [0.2, 0.25) is 0 Å². The van der Waals surface area contributed by atoms with E-state index in [2.05, 4.69) is 0 Å². The van der Waals surface area contributed by atoms with Crippen LogP contribution in [0, 0.1) is 5.92 Å². The number of hydrogen-bond donors (Lipinski definition) is 0. The van der Waals surface area contributed by atoms with Gasteiger partial charge in [0.1, 0.15) is 5.60 Å². The normalized spacial score (nSPS) is 11.6. The molecule has 0 radical (unpaired) electrons. The van der Waals surface area contributed by atoms with Gasteiger partial charge in [-0.2, -0.15) is 0 Å². The smallest absolute Gasteiger partial charge is 0.306 e. The molecule has 0 aromatic heterocycles. The lowest BCUT2D eigenvalue weighted by molar-refractivity contribution is -0.158. The maximum Gasteiger partial charge on any atom is 0.306 e. The van der Waals surface area contributed by atoms with Gasteiger partial charge in [-0.25, -0.2) is 0 Å². The maximum atomic E-state index is 11.6. The molecule has 0 saturated carbocycles. The Morgan fingerprint density at radius 3 is 2.31 bits per heavy atom. The highest BCUT2D eigenvalue weighted by Crippen LogP contribution is 2.25. The summed E-state index contributed by atoms with van der Waals surface area (Å²) in [6.07, 6.45) is 0.469. The molecule has 0 heterocycles. The first-order chi connectivity index (χ1) is 7.42. The van der Waals surface area contributed by atoms with Crippen LogP contribution in [0.15, 0.2) is 30.3 Å². The minimum atomic E-state index is -0.548. The summed E-state index contributed by atoms with van der Waals surface area (Å²) >= 11 is 0. The van der Waals surface area contributed by atoms with Crippen LogP contribution in [-0.2, 0) is 15.1 Å². The van der Waals surface area contributed by atoms with E-state index in [4.69, 9.17) is 4.74 Å². The van der Waals surface area contributed by atoms with Crippen LogP contribution in [0.4, 0.5) is 0 Å². The minimum absolute atomic E-state index is 0.135. The Hall–Kier alpha value is -1.31. The van der Waals surface area contributed by atoms with E-state index >= 15 is 0 Å². The minimum Gasteiger partial charge on any atom is -0.455 e. The first-order valence-corrected chi connectivity index (χ1v) is 5.69. The van der Waals surface area contributed by atoms with Crippen molar-refractivity contribution in [3.05, 3.63) is 35.9 Å². The molecule has 16 heavy (non-hydrogen) atoms. The summed E-state index contributed by atoms with van der Waals surface area (Å²) in [6.45, 7) is 7.86. The summed E-state index contributed by atoms with van der Waals surface area (Å²) < 4.78 is 5.50. The number of carbonyl (C=O) groups excluding carboxylic acids is 1. The fourth-order valence-electron chi connectivity index (χ4n) is 1.56. The average Bonchev–Trinajstić information content (AvgIpc) is 2.16. The number of carbonyl (C=O) groups is 1. The first-order valence-electron chi connectivity index (χ1n) is 5.69. The molecular weight excluding hydrogens is 200 g/mol. The molecule has 0 spiro atoms. The van der Waals surface area contributed by atoms with E-state index < -0.39 is 5.60 Å². The van der Waals surface area contributed by atoms with Crippen LogP contribution in [0.3, 0.4) is 0 Å². The molecule has 0 bridgehead atoms. The molecule has 0 N–H and O–H groups in total. The van der Waals surface area contributed by atoms with Gasteiger partial charge in [0.15, 0.2) is 0 Å². The quantitative estimate of drug-likeness (QED) is 0.726. The summed E-state index contributed by atoms with van der Waals surface area (Å²) in [5, 5.41) is 0. The van der Waals surface area contributed by atoms with Crippen LogP contribution in [0.1, 0.15) is 39.7 Å². The van der Waals surface area contributed by atoms with E-state index in [0.29, 0.717) is 12.3 Å². The molecule has 0 amide bonds. The van der Waals surface area contributed by atoms with Gasteiger partial charge in [-0.15, -0.1) is 0 Å². The monoisotopic (exact) mass is 220 g/mol. The van der Waals surface area contributed by atoms with Gasteiger partial charge in [0, 0.05) is 6.42 Å². The van der Waals surface area contributed by atoms with Crippen molar-refractivity contribution in [3.8, 4) is 0 Å². The van der Waals surface area contributed by atoms with Gasteiger partial charge in [-0.3, -0.25) is 4.79 Å². The lowest BCUT2D eigenvalue weighted by Gasteiger charge is -2.26. The van der Waals surface area contributed by atoms with E-state index in [9.17, 15) is 4.79 Å². The molecule has 2 nitrogen and oxygen atoms in total. The maximum absolute atomic E-state index is 11.6. The third-order valence-electron chi connectivity index (χ3n) is 2.41. The Bertz CT molecular complexity index is 339. The predicted molar refractivity (Wildman–Crippen MR) is 65.0 cm³/mol. The summed E-state index contributed by atoms with van der Waals surface area (Å²) in [5.74, 6) is 0.197. The zero-order chi connectivity index (χ0) is 12.2. The molecule has 0 fully saturated rings. The Labute approximate surface area is 97.6 Å². The van der Waals surface area contributed by atoms with E-state index in [1.54, 1.807) is 0 Å². The van der Waals surface area contributed by atoms with Crippen molar-refractivity contribution in [1.29, 1.82) is 0 Å². The van der Waals surface area contributed by atoms with Crippen LogP contribution in [0.25, 0.3) is 0 Å². The fourth-order valence-corrected chi connectivity index (χ4v) is 1.56. The second kappa shape index (κ2) is 5.15. The third-order valence-corrected chi connectivity index (χ3v) is 2.41. The van der Waals surface area contributed by atoms with Crippen LogP contribution in [-0.4, -0.2) is 5.97 Å². The SMILES string of the molecule is CC(C)CC(=O)OC(C)(C)c1ccccc1. The predicted octanol–water partition coefficient (Wildman–Crippen LogP) is 3.51. The molecular formula is C14H20O2. The molecule has 88 valence electrons. The zero-order valence-corrected chi connectivity index (χ0v) is 10.5. The van der Waals surface area contributed by atoms with Crippen LogP contribution in [0.2, 0.25) is 0 Å². The Morgan fingerprint density at radius 2 is 1.81 bits per heavy atom. The van der Waals surface area contributed by atoms with E-state index in [-0.39, 0.29) is 5.97 Å².